The first-order chi connectivity index (χ1) is 14.5. The molecule has 156 valence electrons. The summed E-state index contributed by atoms with van der Waals surface area (Å²) in [5, 5.41) is 0. The molecule has 30 heavy (non-hydrogen) atoms. The van der Waals surface area contributed by atoms with Crippen LogP contribution in [0.4, 0.5) is 5.82 Å². The highest BCUT2D eigenvalue weighted by Gasteiger charge is 2.18. The Morgan fingerprint density at radius 2 is 2.10 bits per heavy atom. The number of aryl methyl sites for hydroxylation is 1. The Hall–Kier alpha value is -3.46. The zero-order valence-corrected chi connectivity index (χ0v) is 17.0. The first kappa shape index (κ1) is 19.8. The summed E-state index contributed by atoms with van der Waals surface area (Å²) in [6.07, 6.45) is 5.91. The number of ketones is 1. The smallest absolute Gasteiger partial charge is 0.237 e. The summed E-state index contributed by atoms with van der Waals surface area (Å²) in [5.41, 5.74) is 7.88. The van der Waals surface area contributed by atoms with Gasteiger partial charge in [-0.2, -0.15) is 4.98 Å². The van der Waals surface area contributed by atoms with Crippen molar-refractivity contribution in [1.82, 2.24) is 19.5 Å². The second kappa shape index (κ2) is 8.50. The molecule has 1 aliphatic heterocycles. The van der Waals surface area contributed by atoms with Crippen molar-refractivity contribution < 1.29 is 14.3 Å². The van der Waals surface area contributed by atoms with Gasteiger partial charge in [0.25, 0.3) is 0 Å². The van der Waals surface area contributed by atoms with E-state index in [2.05, 4.69) is 15.0 Å². The predicted molar refractivity (Wildman–Crippen MR) is 111 cm³/mol. The molecule has 3 heterocycles. The summed E-state index contributed by atoms with van der Waals surface area (Å²) in [7, 11) is 1.93. The molecular weight excluding hydrogens is 384 g/mol. The van der Waals surface area contributed by atoms with Crippen LogP contribution < -0.4 is 20.1 Å². The number of anilines is 1. The third-order valence-corrected chi connectivity index (χ3v) is 4.96. The predicted octanol–water partition coefficient (Wildman–Crippen LogP) is 1.66. The van der Waals surface area contributed by atoms with Gasteiger partial charge in [-0.3, -0.25) is 9.36 Å². The van der Waals surface area contributed by atoms with Crippen molar-refractivity contribution >= 4 is 11.6 Å². The van der Waals surface area contributed by atoms with Gasteiger partial charge < -0.3 is 20.1 Å². The van der Waals surface area contributed by atoms with Crippen LogP contribution in [0.1, 0.15) is 17.7 Å². The molecule has 2 N–H and O–H groups in total. The van der Waals surface area contributed by atoms with E-state index in [9.17, 15) is 4.79 Å². The van der Waals surface area contributed by atoms with Gasteiger partial charge in [0.05, 0.1) is 6.04 Å². The van der Waals surface area contributed by atoms with Gasteiger partial charge in [0.15, 0.2) is 17.3 Å². The Labute approximate surface area is 174 Å². The minimum Gasteiger partial charge on any atom is -0.454 e. The lowest BCUT2D eigenvalue weighted by molar-refractivity contribution is -0.119. The van der Waals surface area contributed by atoms with Crippen LogP contribution in [0.3, 0.4) is 0 Å². The molecular formula is C21H24N6O3. The second-order valence-electron chi connectivity index (χ2n) is 7.28. The zero-order chi connectivity index (χ0) is 21.1. The van der Waals surface area contributed by atoms with Crippen LogP contribution in [0, 0.1) is 6.92 Å². The number of rotatable bonds is 8. The van der Waals surface area contributed by atoms with Crippen LogP contribution >= 0.6 is 0 Å². The van der Waals surface area contributed by atoms with Gasteiger partial charge in [0.2, 0.25) is 12.7 Å². The SMILES string of the molecule is Cc1cc(N(C)CCC(N)C(=O)Cc2ccc3c(c2)OCO3)nc(-n2ccnc2)n1. The molecule has 0 bridgehead atoms. The number of ether oxygens (including phenoxy) is 2. The molecule has 0 aliphatic carbocycles. The van der Waals surface area contributed by atoms with Gasteiger partial charge in [0.1, 0.15) is 12.1 Å². The molecule has 0 radical (unpaired) electrons. The molecule has 1 aromatic carbocycles. The van der Waals surface area contributed by atoms with E-state index >= 15 is 0 Å². The van der Waals surface area contributed by atoms with Crippen molar-refractivity contribution in [2.75, 3.05) is 25.3 Å². The molecule has 0 spiro atoms. The van der Waals surface area contributed by atoms with Crippen molar-refractivity contribution in [2.24, 2.45) is 5.73 Å². The second-order valence-corrected chi connectivity index (χ2v) is 7.28. The van der Waals surface area contributed by atoms with E-state index in [4.69, 9.17) is 15.2 Å². The average molecular weight is 408 g/mol. The number of nitrogens with zero attached hydrogens (tertiary/aromatic N) is 5. The van der Waals surface area contributed by atoms with Crippen LogP contribution in [0.2, 0.25) is 0 Å². The highest BCUT2D eigenvalue weighted by Crippen LogP contribution is 2.32. The minimum atomic E-state index is -0.561. The zero-order valence-electron chi connectivity index (χ0n) is 17.0. The maximum Gasteiger partial charge on any atom is 0.237 e. The Morgan fingerprint density at radius 1 is 1.27 bits per heavy atom. The highest BCUT2D eigenvalue weighted by molar-refractivity contribution is 5.86. The standard InChI is InChI=1S/C21H24N6O3/c1-14-9-20(25-21(24-14)27-8-6-23-12-27)26(2)7-5-16(22)17(28)10-15-3-4-18-19(11-15)30-13-29-18/h3-4,6,8-9,11-12,16H,5,7,10,13,22H2,1-2H3. The lowest BCUT2D eigenvalue weighted by Crippen LogP contribution is -2.35. The molecule has 0 amide bonds. The van der Waals surface area contributed by atoms with Gasteiger partial charge in [-0.15, -0.1) is 0 Å². The summed E-state index contributed by atoms with van der Waals surface area (Å²) in [6, 6.07) is 6.86. The maximum atomic E-state index is 12.6. The number of benzene rings is 1. The third kappa shape index (κ3) is 4.41. The fraction of sp³-hybridized carbons (Fsp3) is 0.333. The summed E-state index contributed by atoms with van der Waals surface area (Å²) in [4.78, 5) is 27.6. The number of imidazole rings is 1. The molecule has 9 nitrogen and oxygen atoms in total. The van der Waals surface area contributed by atoms with Gasteiger partial charge in [0, 0.05) is 44.2 Å². The van der Waals surface area contributed by atoms with E-state index in [1.165, 1.54) is 0 Å². The third-order valence-electron chi connectivity index (χ3n) is 4.96. The van der Waals surface area contributed by atoms with Gasteiger partial charge >= 0.3 is 0 Å². The monoisotopic (exact) mass is 408 g/mol. The van der Waals surface area contributed by atoms with Crippen molar-refractivity contribution in [2.45, 2.75) is 25.8 Å². The number of hydrogen-bond donors (Lipinski definition) is 1. The maximum absolute atomic E-state index is 12.6. The lowest BCUT2D eigenvalue weighted by Gasteiger charge is -2.21. The van der Waals surface area contributed by atoms with E-state index in [-0.39, 0.29) is 19.0 Å². The normalized spacial score (nSPS) is 13.3. The fourth-order valence-corrected chi connectivity index (χ4v) is 3.22. The first-order valence-corrected chi connectivity index (χ1v) is 9.71. The average Bonchev–Trinajstić information content (AvgIpc) is 3.42. The van der Waals surface area contributed by atoms with E-state index < -0.39 is 6.04 Å². The minimum absolute atomic E-state index is 0.0137. The van der Waals surface area contributed by atoms with Crippen LogP contribution in [-0.2, 0) is 11.2 Å². The largest absolute Gasteiger partial charge is 0.454 e. The van der Waals surface area contributed by atoms with Gasteiger partial charge in [-0.1, -0.05) is 6.07 Å². The summed E-state index contributed by atoms with van der Waals surface area (Å²) in [5.74, 6) is 2.67. The quantitative estimate of drug-likeness (QED) is 0.600. The molecule has 9 heteroatoms. The number of carbonyl (C=O) groups is 1. The van der Waals surface area contributed by atoms with Crippen LogP contribution in [0.15, 0.2) is 43.0 Å². The van der Waals surface area contributed by atoms with Crippen molar-refractivity contribution in [3.8, 4) is 17.4 Å². The Kier molecular flexibility index (Phi) is 5.62. The van der Waals surface area contributed by atoms with Gasteiger partial charge in [-0.25, -0.2) is 9.97 Å². The Bertz CT molecular complexity index is 1040. The summed E-state index contributed by atoms with van der Waals surface area (Å²) < 4.78 is 12.4. The molecule has 4 rings (SSSR count). The number of nitrogens with two attached hydrogens (primary N) is 1. The molecule has 0 saturated carbocycles. The molecule has 0 saturated heterocycles. The Morgan fingerprint density at radius 3 is 2.90 bits per heavy atom. The van der Waals surface area contributed by atoms with E-state index in [1.807, 2.05) is 43.1 Å². The van der Waals surface area contributed by atoms with Crippen molar-refractivity contribution in [3.63, 3.8) is 0 Å². The highest BCUT2D eigenvalue weighted by atomic mass is 16.7. The van der Waals surface area contributed by atoms with Gasteiger partial charge in [-0.05, 0) is 31.0 Å². The number of Topliss-reactive ketones (excluding diaryl/α,β-unsaturated/α-hetero) is 1. The number of fused-ring (bicyclic) bond motifs is 1. The molecule has 1 aliphatic rings. The van der Waals surface area contributed by atoms with Crippen LogP contribution in [0.5, 0.6) is 11.5 Å². The van der Waals surface area contributed by atoms with E-state index in [0.29, 0.717) is 30.4 Å². The molecule has 0 fully saturated rings. The molecule has 3 aromatic rings. The molecule has 1 atom stereocenters. The molecule has 2 aromatic heterocycles. The topological polar surface area (TPSA) is 108 Å². The fourth-order valence-electron chi connectivity index (χ4n) is 3.22. The van der Waals surface area contributed by atoms with Crippen molar-refractivity contribution in [3.05, 3.63) is 54.2 Å². The lowest BCUT2D eigenvalue weighted by atomic mass is 10.0. The number of aromatic nitrogens is 4. The Balaban J connectivity index is 1.35. The van der Waals surface area contributed by atoms with Crippen LogP contribution in [-0.4, -0.2) is 51.7 Å². The van der Waals surface area contributed by atoms with E-state index in [0.717, 1.165) is 17.1 Å². The molecule has 1 unspecified atom stereocenters. The van der Waals surface area contributed by atoms with E-state index in [1.54, 1.807) is 23.3 Å². The number of carbonyl (C=O) groups excluding carboxylic acids is 1. The summed E-state index contributed by atoms with van der Waals surface area (Å²) >= 11 is 0. The van der Waals surface area contributed by atoms with Crippen LogP contribution in [0.25, 0.3) is 5.95 Å². The first-order valence-electron chi connectivity index (χ1n) is 9.71. The number of hydrogen-bond acceptors (Lipinski definition) is 8. The van der Waals surface area contributed by atoms with Crippen molar-refractivity contribution in [1.29, 1.82) is 0 Å². The summed E-state index contributed by atoms with van der Waals surface area (Å²) in [6.45, 7) is 2.72.